The number of benzene rings is 1. The van der Waals surface area contributed by atoms with Gasteiger partial charge in [-0.2, -0.15) is 18.3 Å². The van der Waals surface area contributed by atoms with Crippen LogP contribution in [-0.2, 0) is 6.18 Å². The van der Waals surface area contributed by atoms with Crippen molar-refractivity contribution in [1.29, 1.82) is 0 Å². The van der Waals surface area contributed by atoms with E-state index in [9.17, 15) is 17.6 Å². The van der Waals surface area contributed by atoms with Gasteiger partial charge in [0.05, 0.1) is 36.3 Å². The van der Waals surface area contributed by atoms with E-state index < -0.39 is 17.6 Å². The van der Waals surface area contributed by atoms with Crippen molar-refractivity contribution >= 4 is 12.2 Å². The molecule has 0 fully saturated rings. The molecule has 2 aromatic rings. The fourth-order valence-electron chi connectivity index (χ4n) is 1.77. The maximum absolute atomic E-state index is 13.9. The molecule has 0 atom stereocenters. The van der Waals surface area contributed by atoms with E-state index in [-0.39, 0.29) is 17.3 Å². The largest absolute Gasteiger partial charge is 0.496 e. The van der Waals surface area contributed by atoms with Crippen LogP contribution in [0.1, 0.15) is 16.8 Å². The zero-order valence-corrected chi connectivity index (χ0v) is 11.6. The van der Waals surface area contributed by atoms with Crippen LogP contribution in [-0.4, -0.2) is 23.0 Å². The first-order valence-electron chi connectivity index (χ1n) is 6.03. The van der Waals surface area contributed by atoms with Crippen LogP contribution in [0.5, 0.6) is 5.75 Å². The average Bonchev–Trinajstić information content (AvgIpc) is 2.73. The van der Waals surface area contributed by atoms with Crippen LogP contribution >= 0.6 is 0 Å². The average molecular weight is 316 g/mol. The molecule has 0 spiro atoms. The lowest BCUT2D eigenvalue weighted by Gasteiger charge is -2.11. The van der Waals surface area contributed by atoms with Crippen LogP contribution in [0.15, 0.2) is 23.4 Å². The summed E-state index contributed by atoms with van der Waals surface area (Å²) in [4.78, 5) is 3.89. The van der Waals surface area contributed by atoms with Gasteiger partial charge in [-0.3, -0.25) is 0 Å². The van der Waals surface area contributed by atoms with Crippen molar-refractivity contribution in [2.45, 2.75) is 13.1 Å². The number of hydrogen-bond acceptors (Lipinski definition) is 4. The monoisotopic (exact) mass is 316 g/mol. The van der Waals surface area contributed by atoms with Gasteiger partial charge in [0.25, 0.3) is 0 Å². The number of nitrogen functional groups attached to an aromatic ring is 1. The summed E-state index contributed by atoms with van der Waals surface area (Å²) in [5.41, 5.74) is 4.79. The maximum atomic E-state index is 13.9. The number of ether oxygens (including phenoxy) is 1. The molecule has 0 unspecified atom stereocenters. The molecule has 9 heteroatoms. The zero-order valence-electron chi connectivity index (χ0n) is 11.6. The zero-order chi connectivity index (χ0) is 16.5. The van der Waals surface area contributed by atoms with Crippen molar-refractivity contribution in [1.82, 2.24) is 9.66 Å². The highest BCUT2D eigenvalue weighted by Crippen LogP contribution is 2.34. The predicted octanol–water partition coefficient (Wildman–Crippen LogP) is 2.82. The molecular formula is C13H12F4N4O. The van der Waals surface area contributed by atoms with Gasteiger partial charge in [-0.15, -0.1) is 0 Å². The van der Waals surface area contributed by atoms with Gasteiger partial charge < -0.3 is 10.5 Å². The number of alkyl halides is 3. The summed E-state index contributed by atoms with van der Waals surface area (Å²) in [6, 6.07) is 1.08. The van der Waals surface area contributed by atoms with Gasteiger partial charge in [0, 0.05) is 0 Å². The smallest absolute Gasteiger partial charge is 0.416 e. The number of methoxy groups -OCH3 is 1. The molecular weight excluding hydrogens is 304 g/mol. The second-order valence-electron chi connectivity index (χ2n) is 4.40. The summed E-state index contributed by atoms with van der Waals surface area (Å²) in [7, 11) is 1.14. The van der Waals surface area contributed by atoms with Crippen LogP contribution in [0.2, 0.25) is 0 Å². The number of imidazole rings is 1. The first-order valence-corrected chi connectivity index (χ1v) is 6.03. The Morgan fingerprint density at radius 2 is 2.05 bits per heavy atom. The topological polar surface area (TPSA) is 65.4 Å². The molecule has 0 aliphatic carbocycles. The fourth-order valence-corrected chi connectivity index (χ4v) is 1.77. The molecule has 0 radical (unpaired) electrons. The molecule has 1 heterocycles. The standard InChI is InChI=1S/C13H12F4N4O/c1-7-6-21(12(18)20-7)19-5-9-10(14)3-8(13(15,16)17)4-11(9)22-2/h3-6H,1-2H3,(H2,18,20). The molecule has 0 amide bonds. The van der Waals surface area contributed by atoms with Crippen LogP contribution in [0.4, 0.5) is 23.5 Å². The maximum Gasteiger partial charge on any atom is 0.416 e. The van der Waals surface area contributed by atoms with Gasteiger partial charge in [-0.1, -0.05) is 0 Å². The SMILES string of the molecule is COc1cc(C(F)(F)F)cc(F)c1C=Nn1cc(C)nc1N. The van der Waals surface area contributed by atoms with Gasteiger partial charge in [0.1, 0.15) is 11.6 Å². The Kier molecular flexibility index (Phi) is 4.07. The van der Waals surface area contributed by atoms with Gasteiger partial charge >= 0.3 is 6.18 Å². The van der Waals surface area contributed by atoms with E-state index >= 15 is 0 Å². The molecule has 1 aromatic heterocycles. The third-order valence-corrected chi connectivity index (χ3v) is 2.78. The van der Waals surface area contributed by atoms with Gasteiger partial charge in [0.2, 0.25) is 5.95 Å². The van der Waals surface area contributed by atoms with Gasteiger partial charge in [-0.05, 0) is 19.1 Å². The Morgan fingerprint density at radius 1 is 1.36 bits per heavy atom. The first-order chi connectivity index (χ1) is 10.2. The highest BCUT2D eigenvalue weighted by Gasteiger charge is 2.32. The minimum Gasteiger partial charge on any atom is -0.496 e. The summed E-state index contributed by atoms with van der Waals surface area (Å²) in [6.45, 7) is 1.68. The van der Waals surface area contributed by atoms with Crippen LogP contribution in [0, 0.1) is 12.7 Å². The number of halogens is 4. The number of nitrogens with two attached hydrogens (primary N) is 1. The van der Waals surface area contributed by atoms with E-state index in [1.807, 2.05) is 0 Å². The second kappa shape index (κ2) is 5.66. The van der Waals surface area contributed by atoms with E-state index in [0.717, 1.165) is 13.3 Å². The lowest BCUT2D eigenvalue weighted by atomic mass is 10.1. The molecule has 0 saturated carbocycles. The normalized spacial score (nSPS) is 12.1. The Morgan fingerprint density at radius 3 is 2.55 bits per heavy atom. The summed E-state index contributed by atoms with van der Waals surface area (Å²) in [5, 5.41) is 3.86. The summed E-state index contributed by atoms with van der Waals surface area (Å²) in [6.07, 6.45) is -2.16. The lowest BCUT2D eigenvalue weighted by Crippen LogP contribution is -2.08. The summed E-state index contributed by atoms with van der Waals surface area (Å²) >= 11 is 0. The van der Waals surface area contributed by atoms with Crippen molar-refractivity contribution in [2.75, 3.05) is 12.8 Å². The fraction of sp³-hybridized carbons (Fsp3) is 0.231. The van der Waals surface area contributed by atoms with Crippen molar-refractivity contribution in [2.24, 2.45) is 5.10 Å². The Balaban J connectivity index is 2.45. The number of anilines is 1. The quantitative estimate of drug-likeness (QED) is 0.699. The van der Waals surface area contributed by atoms with E-state index in [4.69, 9.17) is 10.5 Å². The first kappa shape index (κ1) is 15.8. The summed E-state index contributed by atoms with van der Waals surface area (Å²) in [5.74, 6) is -1.32. The van der Waals surface area contributed by atoms with Crippen LogP contribution < -0.4 is 10.5 Å². The third-order valence-electron chi connectivity index (χ3n) is 2.78. The number of aromatic nitrogens is 2. The third kappa shape index (κ3) is 3.18. The predicted molar refractivity (Wildman–Crippen MR) is 72.3 cm³/mol. The Bertz CT molecular complexity index is 722. The highest BCUT2D eigenvalue weighted by atomic mass is 19.4. The van der Waals surface area contributed by atoms with Gasteiger partial charge in [-0.25, -0.2) is 14.1 Å². The van der Waals surface area contributed by atoms with Crippen molar-refractivity contribution in [3.8, 4) is 5.75 Å². The number of rotatable bonds is 3. The van der Waals surface area contributed by atoms with E-state index in [2.05, 4.69) is 10.1 Å². The minimum absolute atomic E-state index is 0.0695. The molecule has 22 heavy (non-hydrogen) atoms. The Hall–Kier alpha value is -2.58. The molecule has 0 bridgehead atoms. The number of hydrogen-bond donors (Lipinski definition) is 1. The highest BCUT2D eigenvalue weighted by molar-refractivity contribution is 5.84. The van der Waals surface area contributed by atoms with Crippen LogP contribution in [0.3, 0.4) is 0 Å². The second-order valence-corrected chi connectivity index (χ2v) is 4.40. The van der Waals surface area contributed by atoms with Crippen molar-refractivity contribution < 1.29 is 22.3 Å². The summed E-state index contributed by atoms with van der Waals surface area (Å²) < 4.78 is 57.8. The number of aryl methyl sites for hydroxylation is 1. The van der Waals surface area contributed by atoms with E-state index in [1.54, 1.807) is 6.92 Å². The van der Waals surface area contributed by atoms with Gasteiger partial charge in [0.15, 0.2) is 0 Å². The van der Waals surface area contributed by atoms with Crippen molar-refractivity contribution in [3.05, 3.63) is 41.0 Å². The van der Waals surface area contributed by atoms with E-state index in [0.29, 0.717) is 17.8 Å². The molecule has 5 nitrogen and oxygen atoms in total. The lowest BCUT2D eigenvalue weighted by molar-refractivity contribution is -0.137. The van der Waals surface area contributed by atoms with Crippen molar-refractivity contribution in [3.63, 3.8) is 0 Å². The minimum atomic E-state index is -4.67. The number of nitrogens with zero attached hydrogens (tertiary/aromatic N) is 3. The molecule has 2 rings (SSSR count). The molecule has 2 N–H and O–H groups in total. The molecule has 1 aromatic carbocycles. The Labute approximate surface area is 123 Å². The molecule has 118 valence electrons. The van der Waals surface area contributed by atoms with E-state index in [1.165, 1.54) is 10.9 Å². The molecule has 0 saturated heterocycles. The molecule has 0 aliphatic rings. The van der Waals surface area contributed by atoms with Crippen LogP contribution in [0.25, 0.3) is 0 Å². The molecule has 0 aliphatic heterocycles.